The highest BCUT2D eigenvalue weighted by Gasteiger charge is 2.56. The van der Waals surface area contributed by atoms with Crippen molar-refractivity contribution in [1.29, 1.82) is 0 Å². The fourth-order valence-corrected chi connectivity index (χ4v) is 4.85. The number of carbonyl (C=O) groups is 3. The maximum Gasteiger partial charge on any atom is 0.407 e. The number of carboxylic acid groups (broad SMARTS) is 1. The molecule has 0 saturated heterocycles. The number of H-pyrrole nitrogens is 1. The third-order valence-corrected chi connectivity index (χ3v) is 7.01. The third kappa shape index (κ3) is 4.14. The van der Waals surface area contributed by atoms with Crippen molar-refractivity contribution in [3.8, 4) is 11.1 Å². The third-order valence-electron chi connectivity index (χ3n) is 7.01. The summed E-state index contributed by atoms with van der Waals surface area (Å²) in [5.41, 5.74) is 3.83. The molecule has 180 valence electrons. The van der Waals surface area contributed by atoms with Crippen LogP contribution >= 0.6 is 0 Å². The van der Waals surface area contributed by atoms with Crippen molar-refractivity contribution in [2.45, 2.75) is 36.8 Å². The molecule has 35 heavy (non-hydrogen) atoms. The fourth-order valence-electron chi connectivity index (χ4n) is 4.85. The lowest BCUT2D eigenvalue weighted by Gasteiger charge is -2.29. The van der Waals surface area contributed by atoms with Crippen molar-refractivity contribution in [3.63, 3.8) is 0 Å². The maximum atomic E-state index is 13.2. The standard InChI is InChI=1S/C26H26N4O5/c1-30(26(10-11-26)24(32)33)23(31)22(12-16-13-27-15-28-16)29-25(34)35-14-21-19-8-4-2-6-17(19)18-7-3-5-9-20(18)21/h2-9,13,15,21-22H,10-12,14H2,1H3,(H,27,28)(H,29,34)(H,32,33)/t22-/m0/s1. The summed E-state index contributed by atoms with van der Waals surface area (Å²) in [5.74, 6) is -1.65. The van der Waals surface area contributed by atoms with Crippen LogP contribution in [0.2, 0.25) is 0 Å². The number of ether oxygens (including phenoxy) is 1. The van der Waals surface area contributed by atoms with Crippen LogP contribution in [0.1, 0.15) is 35.6 Å². The lowest BCUT2D eigenvalue weighted by molar-refractivity contribution is -0.151. The van der Waals surface area contributed by atoms with E-state index in [0.29, 0.717) is 18.5 Å². The van der Waals surface area contributed by atoms with E-state index in [0.717, 1.165) is 22.3 Å². The summed E-state index contributed by atoms with van der Waals surface area (Å²) in [5, 5.41) is 12.2. The number of hydrogen-bond donors (Lipinski definition) is 3. The monoisotopic (exact) mass is 474 g/mol. The highest BCUT2D eigenvalue weighted by molar-refractivity contribution is 5.93. The molecule has 9 heteroatoms. The van der Waals surface area contributed by atoms with E-state index in [1.807, 2.05) is 36.4 Å². The summed E-state index contributed by atoms with van der Waals surface area (Å²) < 4.78 is 5.61. The van der Waals surface area contributed by atoms with E-state index in [-0.39, 0.29) is 18.9 Å². The summed E-state index contributed by atoms with van der Waals surface area (Å²) >= 11 is 0. The van der Waals surface area contributed by atoms with Crippen molar-refractivity contribution in [2.75, 3.05) is 13.7 Å². The van der Waals surface area contributed by atoms with Gasteiger partial charge in [-0.05, 0) is 35.1 Å². The van der Waals surface area contributed by atoms with Crippen LogP contribution in [0.4, 0.5) is 4.79 Å². The number of amides is 2. The number of rotatable bonds is 8. The number of aromatic nitrogens is 2. The minimum atomic E-state index is -1.22. The number of carboxylic acids is 1. The van der Waals surface area contributed by atoms with Gasteiger partial charge in [-0.1, -0.05) is 48.5 Å². The number of benzene rings is 2. The van der Waals surface area contributed by atoms with Crippen LogP contribution in [-0.2, 0) is 20.7 Å². The van der Waals surface area contributed by atoms with E-state index in [9.17, 15) is 19.5 Å². The van der Waals surface area contributed by atoms with Crippen LogP contribution in [0.5, 0.6) is 0 Å². The van der Waals surface area contributed by atoms with Gasteiger partial charge in [-0.25, -0.2) is 14.6 Å². The van der Waals surface area contributed by atoms with E-state index in [2.05, 4.69) is 27.4 Å². The SMILES string of the molecule is CN(C(=O)[C@H](Cc1cnc[nH]1)NC(=O)OCC1c2ccccc2-c2ccccc21)C1(C(=O)O)CC1. The van der Waals surface area contributed by atoms with E-state index in [4.69, 9.17) is 4.74 Å². The molecular formula is C26H26N4O5. The predicted molar refractivity (Wildman–Crippen MR) is 127 cm³/mol. The molecule has 2 aliphatic rings. The lowest BCUT2D eigenvalue weighted by Crippen LogP contribution is -2.54. The van der Waals surface area contributed by atoms with E-state index >= 15 is 0 Å². The summed E-state index contributed by atoms with van der Waals surface area (Å²) in [6, 6.07) is 15.1. The fraction of sp³-hybridized carbons (Fsp3) is 0.308. The zero-order valence-electron chi connectivity index (χ0n) is 19.2. The molecule has 1 saturated carbocycles. The zero-order valence-corrected chi connectivity index (χ0v) is 19.2. The Kier molecular flexibility index (Phi) is 5.76. The van der Waals surface area contributed by atoms with Gasteiger partial charge in [-0.2, -0.15) is 0 Å². The highest BCUT2D eigenvalue weighted by atomic mass is 16.5. The first-order valence-electron chi connectivity index (χ1n) is 11.5. The van der Waals surface area contributed by atoms with Gasteiger partial charge >= 0.3 is 12.1 Å². The van der Waals surface area contributed by atoms with Gasteiger partial charge in [0.1, 0.15) is 18.2 Å². The highest BCUT2D eigenvalue weighted by Crippen LogP contribution is 2.44. The number of alkyl carbamates (subject to hydrolysis) is 1. The molecule has 1 aromatic heterocycles. The largest absolute Gasteiger partial charge is 0.479 e. The zero-order chi connectivity index (χ0) is 24.6. The van der Waals surface area contributed by atoms with Gasteiger partial charge in [0.2, 0.25) is 5.91 Å². The molecule has 0 aliphatic heterocycles. The molecule has 5 rings (SSSR count). The molecule has 0 radical (unpaired) electrons. The van der Waals surface area contributed by atoms with Gasteiger partial charge in [0, 0.05) is 31.3 Å². The Morgan fingerprint density at radius 3 is 2.31 bits per heavy atom. The first kappa shape index (κ1) is 22.6. The predicted octanol–water partition coefficient (Wildman–Crippen LogP) is 2.94. The number of aliphatic carboxylic acids is 1. The van der Waals surface area contributed by atoms with Crippen LogP contribution in [-0.4, -0.2) is 63.2 Å². The molecule has 0 spiro atoms. The first-order valence-corrected chi connectivity index (χ1v) is 11.5. The summed E-state index contributed by atoms with van der Waals surface area (Å²) in [6.45, 7) is 0.111. The van der Waals surface area contributed by atoms with Crippen molar-refractivity contribution in [2.24, 2.45) is 0 Å². The normalized spacial score (nSPS) is 16.0. The second-order valence-electron chi connectivity index (χ2n) is 9.04. The van der Waals surface area contributed by atoms with Gasteiger partial charge in [0.15, 0.2) is 0 Å². The molecule has 1 fully saturated rings. The second kappa shape index (κ2) is 8.90. The number of carbonyl (C=O) groups excluding carboxylic acids is 2. The van der Waals surface area contributed by atoms with Crippen molar-refractivity contribution in [3.05, 3.63) is 77.9 Å². The van der Waals surface area contributed by atoms with Crippen LogP contribution in [0.3, 0.4) is 0 Å². The van der Waals surface area contributed by atoms with Gasteiger partial charge in [0.25, 0.3) is 0 Å². The van der Waals surface area contributed by atoms with Crippen LogP contribution in [0.25, 0.3) is 11.1 Å². The number of fused-ring (bicyclic) bond motifs is 3. The van der Waals surface area contributed by atoms with E-state index < -0.39 is 29.6 Å². The number of nitrogens with zero attached hydrogens (tertiary/aromatic N) is 2. The summed E-state index contributed by atoms with van der Waals surface area (Å²) in [6.07, 6.45) is 3.19. The Morgan fingerprint density at radius 1 is 1.14 bits per heavy atom. The Hall–Kier alpha value is -4.14. The smallest absolute Gasteiger partial charge is 0.407 e. The molecular weight excluding hydrogens is 448 g/mol. The number of imidazole rings is 1. The molecule has 1 atom stereocenters. The molecule has 0 bridgehead atoms. The Bertz CT molecular complexity index is 1220. The number of nitrogens with one attached hydrogen (secondary N) is 2. The second-order valence-corrected chi connectivity index (χ2v) is 9.04. The Labute approximate surface area is 202 Å². The molecule has 0 unspecified atom stereocenters. The Morgan fingerprint density at radius 2 is 1.77 bits per heavy atom. The number of hydrogen-bond acceptors (Lipinski definition) is 5. The van der Waals surface area contributed by atoms with Crippen molar-refractivity contribution < 1.29 is 24.2 Å². The average Bonchev–Trinajstić information content (AvgIpc) is 3.41. The van der Waals surface area contributed by atoms with E-state index in [1.54, 1.807) is 6.20 Å². The van der Waals surface area contributed by atoms with Gasteiger partial charge in [-0.3, -0.25) is 4.79 Å². The Balaban J connectivity index is 1.30. The molecule has 9 nitrogen and oxygen atoms in total. The average molecular weight is 475 g/mol. The molecule has 1 heterocycles. The topological polar surface area (TPSA) is 125 Å². The molecule has 3 aromatic rings. The summed E-state index contributed by atoms with van der Waals surface area (Å²) in [4.78, 5) is 45.9. The molecule has 3 N–H and O–H groups in total. The molecule has 2 aliphatic carbocycles. The van der Waals surface area contributed by atoms with Crippen molar-refractivity contribution in [1.82, 2.24) is 20.2 Å². The van der Waals surface area contributed by atoms with Crippen LogP contribution in [0, 0.1) is 0 Å². The van der Waals surface area contributed by atoms with Crippen molar-refractivity contribution >= 4 is 18.0 Å². The molecule has 2 aromatic carbocycles. The summed E-state index contributed by atoms with van der Waals surface area (Å²) in [7, 11) is 1.46. The minimum absolute atomic E-state index is 0.111. The lowest BCUT2D eigenvalue weighted by atomic mass is 9.98. The number of likely N-dealkylation sites (N-methyl/N-ethyl adjacent to an activating group) is 1. The van der Waals surface area contributed by atoms with E-state index in [1.165, 1.54) is 18.3 Å². The van der Waals surface area contributed by atoms with Gasteiger partial charge < -0.3 is 25.0 Å². The van der Waals surface area contributed by atoms with Crippen LogP contribution in [0.15, 0.2) is 61.1 Å². The van der Waals surface area contributed by atoms with Gasteiger partial charge in [-0.15, -0.1) is 0 Å². The first-order chi connectivity index (χ1) is 16.9. The maximum absolute atomic E-state index is 13.2. The quantitative estimate of drug-likeness (QED) is 0.461. The minimum Gasteiger partial charge on any atom is -0.479 e. The van der Waals surface area contributed by atoms with Crippen LogP contribution < -0.4 is 5.32 Å². The van der Waals surface area contributed by atoms with Gasteiger partial charge in [0.05, 0.1) is 6.33 Å². The molecule has 2 amide bonds. The number of aromatic amines is 1.